The molecule has 1 N–H and O–H groups in total. The van der Waals surface area contributed by atoms with E-state index in [1.807, 2.05) is 30.1 Å². The molecule has 5 heteroatoms. The molecule has 0 spiro atoms. The van der Waals surface area contributed by atoms with E-state index in [1.54, 1.807) is 0 Å². The van der Waals surface area contributed by atoms with Crippen LogP contribution in [0, 0.1) is 0 Å². The number of carbonyl (C=O) groups is 1. The third-order valence-corrected chi connectivity index (χ3v) is 3.25. The van der Waals surface area contributed by atoms with Crippen molar-refractivity contribution in [1.29, 1.82) is 0 Å². The third-order valence-electron chi connectivity index (χ3n) is 2.68. The molecule has 0 fully saturated rings. The second-order valence-corrected chi connectivity index (χ2v) is 4.81. The molecule has 0 unspecified atom stereocenters. The van der Waals surface area contributed by atoms with Gasteiger partial charge in [0.15, 0.2) is 0 Å². The zero-order valence-electron chi connectivity index (χ0n) is 8.86. The summed E-state index contributed by atoms with van der Waals surface area (Å²) in [5.41, 5.74) is 3.02. The molecule has 0 aliphatic carbocycles. The first-order chi connectivity index (χ1) is 7.59. The molecule has 3 nitrogen and oxygen atoms in total. The van der Waals surface area contributed by atoms with E-state index in [9.17, 15) is 4.79 Å². The number of benzene rings is 1. The molecule has 1 amide bonds. The van der Waals surface area contributed by atoms with Crippen LogP contribution in [0.5, 0.6) is 0 Å². The lowest BCUT2D eigenvalue weighted by atomic mass is 10.0. The van der Waals surface area contributed by atoms with Crippen LogP contribution in [0.3, 0.4) is 0 Å². The first kappa shape index (κ1) is 11.4. The topological polar surface area (TPSA) is 32.3 Å². The predicted octanol–water partition coefficient (Wildman–Crippen LogP) is 2.22. The molecule has 0 atom stereocenters. The summed E-state index contributed by atoms with van der Waals surface area (Å²) >= 11 is 9.19. The summed E-state index contributed by atoms with van der Waals surface area (Å²) < 4.78 is 0.519. The van der Waals surface area contributed by atoms with Crippen molar-refractivity contribution in [1.82, 2.24) is 0 Å². The van der Waals surface area contributed by atoms with E-state index in [1.165, 1.54) is 0 Å². The maximum atomic E-state index is 11.3. The Balaban J connectivity index is 2.44. The molecule has 1 aliphatic rings. The fraction of sp³-hybridized carbons (Fsp3) is 0.273. The number of thiocarbonyl (C=S) groups is 1. The summed E-state index contributed by atoms with van der Waals surface area (Å²) in [6.45, 7) is 0. The van der Waals surface area contributed by atoms with Gasteiger partial charge in [-0.2, -0.15) is 0 Å². The van der Waals surface area contributed by atoms with Crippen molar-refractivity contribution in [3.63, 3.8) is 0 Å². The van der Waals surface area contributed by atoms with Crippen molar-refractivity contribution < 1.29 is 4.79 Å². The number of nitrogens with one attached hydrogen (secondary N) is 1. The van der Waals surface area contributed by atoms with Crippen LogP contribution in [-0.2, 0) is 11.2 Å². The van der Waals surface area contributed by atoms with E-state index in [0.717, 1.165) is 23.4 Å². The first-order valence-electron chi connectivity index (χ1n) is 4.98. The molecule has 0 saturated carbocycles. The van der Waals surface area contributed by atoms with Crippen LogP contribution in [0.1, 0.15) is 12.0 Å². The lowest BCUT2D eigenvalue weighted by Crippen LogP contribution is -2.25. The minimum absolute atomic E-state index is 0.0701. The summed E-state index contributed by atoms with van der Waals surface area (Å²) in [4.78, 5) is 13.1. The van der Waals surface area contributed by atoms with Crippen molar-refractivity contribution in [3.8, 4) is 0 Å². The molecule has 2 rings (SSSR count). The maximum absolute atomic E-state index is 11.3. The number of nitrogens with zero attached hydrogens (tertiary/aromatic N) is 1. The highest BCUT2D eigenvalue weighted by molar-refractivity contribution is 8.11. The Morgan fingerprint density at radius 3 is 2.94 bits per heavy atom. The van der Waals surface area contributed by atoms with Gasteiger partial charge in [-0.05, 0) is 24.1 Å². The summed E-state index contributed by atoms with van der Waals surface area (Å²) in [6.07, 6.45) is 1.27. The smallest absolute Gasteiger partial charge is 0.224 e. The predicted molar refractivity (Wildman–Crippen MR) is 73.4 cm³/mol. The number of anilines is 2. The molecule has 0 saturated heterocycles. The summed E-state index contributed by atoms with van der Waals surface area (Å²) in [5.74, 6) is 0.0701. The van der Waals surface area contributed by atoms with Gasteiger partial charge in [0.05, 0.1) is 0 Å². The van der Waals surface area contributed by atoms with Gasteiger partial charge in [-0.15, -0.1) is 12.6 Å². The second-order valence-electron chi connectivity index (χ2n) is 3.69. The van der Waals surface area contributed by atoms with E-state index in [2.05, 4.69) is 17.9 Å². The molecular formula is C11H12N2OS2. The largest absolute Gasteiger partial charge is 0.330 e. The quantitative estimate of drug-likeness (QED) is 0.594. The fourth-order valence-electron chi connectivity index (χ4n) is 1.82. The summed E-state index contributed by atoms with van der Waals surface area (Å²) in [7, 11) is 1.88. The van der Waals surface area contributed by atoms with Crippen molar-refractivity contribution in [2.45, 2.75) is 12.8 Å². The Morgan fingerprint density at radius 2 is 2.25 bits per heavy atom. The maximum Gasteiger partial charge on any atom is 0.224 e. The van der Waals surface area contributed by atoms with Crippen LogP contribution in [0.15, 0.2) is 18.2 Å². The molecule has 0 bridgehead atoms. The van der Waals surface area contributed by atoms with E-state index in [4.69, 9.17) is 12.2 Å². The number of hydrogen-bond acceptors (Lipinski definition) is 2. The first-order valence-corrected chi connectivity index (χ1v) is 5.83. The number of carbonyl (C=O) groups excluding carboxylic acids is 1. The molecule has 1 aliphatic heterocycles. The van der Waals surface area contributed by atoms with Crippen molar-refractivity contribution >= 4 is 46.4 Å². The van der Waals surface area contributed by atoms with Crippen LogP contribution >= 0.6 is 24.8 Å². The number of fused-ring (bicyclic) bond motifs is 1. The molecule has 0 radical (unpaired) electrons. The minimum atomic E-state index is 0.0701. The van der Waals surface area contributed by atoms with Gasteiger partial charge in [0.1, 0.15) is 4.32 Å². The third kappa shape index (κ3) is 2.05. The summed E-state index contributed by atoms with van der Waals surface area (Å²) in [6, 6.07) is 5.80. The molecule has 16 heavy (non-hydrogen) atoms. The molecule has 1 aromatic carbocycles. The molecule has 0 aromatic heterocycles. The van der Waals surface area contributed by atoms with Crippen molar-refractivity contribution in [2.75, 3.05) is 17.3 Å². The zero-order chi connectivity index (χ0) is 11.7. The Hall–Kier alpha value is -1.07. The summed E-state index contributed by atoms with van der Waals surface area (Å²) in [5, 5.41) is 2.86. The standard InChI is InChI=1S/C11H12N2OS2/c1-13(11(15)16)9-4-2-3-8-7(9)5-6-10(14)12-8/h2-4H,5-6H2,1H3,(H,12,14)(H,15,16). The lowest BCUT2D eigenvalue weighted by Gasteiger charge is -2.25. The van der Waals surface area contributed by atoms with Gasteiger partial charge in [-0.25, -0.2) is 0 Å². The van der Waals surface area contributed by atoms with Gasteiger partial charge in [0.25, 0.3) is 0 Å². The molecule has 1 heterocycles. The Labute approximate surface area is 105 Å². The lowest BCUT2D eigenvalue weighted by molar-refractivity contribution is -0.116. The number of amides is 1. The highest BCUT2D eigenvalue weighted by atomic mass is 32.1. The van der Waals surface area contributed by atoms with Crippen LogP contribution < -0.4 is 10.2 Å². The van der Waals surface area contributed by atoms with Gasteiger partial charge in [0.2, 0.25) is 5.91 Å². The van der Waals surface area contributed by atoms with Gasteiger partial charge in [0, 0.05) is 24.8 Å². The fourth-order valence-corrected chi connectivity index (χ4v) is 2.03. The average Bonchev–Trinajstić information content (AvgIpc) is 2.26. The van der Waals surface area contributed by atoms with Crippen LogP contribution in [0.25, 0.3) is 0 Å². The van der Waals surface area contributed by atoms with Gasteiger partial charge in [-0.3, -0.25) is 4.79 Å². The van der Waals surface area contributed by atoms with E-state index in [0.29, 0.717) is 10.7 Å². The van der Waals surface area contributed by atoms with E-state index < -0.39 is 0 Å². The van der Waals surface area contributed by atoms with Gasteiger partial charge >= 0.3 is 0 Å². The highest BCUT2D eigenvalue weighted by Gasteiger charge is 2.19. The van der Waals surface area contributed by atoms with Gasteiger partial charge < -0.3 is 10.2 Å². The van der Waals surface area contributed by atoms with Crippen molar-refractivity contribution in [3.05, 3.63) is 23.8 Å². The Kier molecular flexibility index (Phi) is 3.16. The van der Waals surface area contributed by atoms with Crippen LogP contribution in [0.2, 0.25) is 0 Å². The van der Waals surface area contributed by atoms with Crippen LogP contribution in [-0.4, -0.2) is 17.3 Å². The van der Waals surface area contributed by atoms with Crippen LogP contribution in [0.4, 0.5) is 11.4 Å². The molecular weight excluding hydrogens is 240 g/mol. The van der Waals surface area contributed by atoms with E-state index >= 15 is 0 Å². The second kappa shape index (κ2) is 4.43. The SMILES string of the molecule is CN(C(=S)S)c1cccc2c1CCC(=O)N2. The van der Waals surface area contributed by atoms with Gasteiger partial charge in [-0.1, -0.05) is 18.3 Å². The average molecular weight is 252 g/mol. The Bertz CT molecular complexity index is 459. The Morgan fingerprint density at radius 1 is 1.50 bits per heavy atom. The van der Waals surface area contributed by atoms with Crippen molar-refractivity contribution in [2.24, 2.45) is 0 Å². The molecule has 1 aromatic rings. The minimum Gasteiger partial charge on any atom is -0.330 e. The number of hydrogen-bond donors (Lipinski definition) is 2. The zero-order valence-corrected chi connectivity index (χ0v) is 10.6. The van der Waals surface area contributed by atoms with E-state index in [-0.39, 0.29) is 5.91 Å². The number of rotatable bonds is 1. The highest BCUT2D eigenvalue weighted by Crippen LogP contribution is 2.31. The molecule has 84 valence electrons. The normalized spacial score (nSPS) is 14.0. The number of thiol groups is 1. The monoisotopic (exact) mass is 252 g/mol.